The molecule has 0 spiro atoms. The van der Waals surface area contributed by atoms with Gasteiger partial charge >= 0.3 is 6.09 Å². The van der Waals surface area contributed by atoms with Gasteiger partial charge < -0.3 is 19.7 Å². The Balaban J connectivity index is 1.41. The zero-order valence-electron chi connectivity index (χ0n) is 13.6. The van der Waals surface area contributed by atoms with Gasteiger partial charge in [-0.1, -0.05) is 36.4 Å². The molecule has 3 rings (SSSR count). The van der Waals surface area contributed by atoms with Crippen LogP contribution in [0.25, 0.3) is 0 Å². The van der Waals surface area contributed by atoms with Crippen LogP contribution in [0, 0.1) is 0 Å². The molecular weight excluding hydrogens is 304 g/mol. The standard InChI is InChI=1S/C19H22N2O3/c22-19(24-17-9-5-2-6-10-17)20-12-11-18-15-21(13-14-23-18)16-7-3-1-4-8-16/h1-10,18H,11-15H2,(H,20,22). The number of para-hydroxylation sites is 2. The minimum absolute atomic E-state index is 0.107. The minimum atomic E-state index is -0.433. The van der Waals surface area contributed by atoms with Gasteiger partial charge in [0.1, 0.15) is 5.75 Å². The van der Waals surface area contributed by atoms with Gasteiger partial charge in [0.2, 0.25) is 0 Å². The predicted molar refractivity (Wildman–Crippen MR) is 93.5 cm³/mol. The average Bonchev–Trinajstić information content (AvgIpc) is 2.63. The van der Waals surface area contributed by atoms with E-state index in [-0.39, 0.29) is 6.10 Å². The van der Waals surface area contributed by atoms with Gasteiger partial charge in [-0.2, -0.15) is 0 Å². The van der Waals surface area contributed by atoms with E-state index in [1.54, 1.807) is 12.1 Å². The fourth-order valence-corrected chi connectivity index (χ4v) is 2.73. The average molecular weight is 326 g/mol. The summed E-state index contributed by atoms with van der Waals surface area (Å²) in [4.78, 5) is 14.1. The molecule has 1 saturated heterocycles. The van der Waals surface area contributed by atoms with Crippen LogP contribution in [0.5, 0.6) is 5.75 Å². The number of hydrogen-bond acceptors (Lipinski definition) is 4. The summed E-state index contributed by atoms with van der Waals surface area (Å²) in [5, 5.41) is 2.77. The SMILES string of the molecule is O=C(NCCC1CN(c2ccccc2)CCO1)Oc1ccccc1. The van der Waals surface area contributed by atoms with Crippen LogP contribution in [0.15, 0.2) is 60.7 Å². The number of nitrogens with one attached hydrogen (secondary N) is 1. The van der Waals surface area contributed by atoms with Gasteiger partial charge in [-0.3, -0.25) is 0 Å². The van der Waals surface area contributed by atoms with Crippen molar-refractivity contribution in [3.8, 4) is 5.75 Å². The largest absolute Gasteiger partial charge is 0.412 e. The number of rotatable bonds is 5. The molecule has 5 heteroatoms. The first-order valence-electron chi connectivity index (χ1n) is 8.23. The monoisotopic (exact) mass is 326 g/mol. The molecule has 1 amide bonds. The maximum atomic E-state index is 11.8. The van der Waals surface area contributed by atoms with Crippen molar-refractivity contribution in [2.75, 3.05) is 31.1 Å². The van der Waals surface area contributed by atoms with E-state index in [9.17, 15) is 4.79 Å². The minimum Gasteiger partial charge on any atom is -0.410 e. The lowest BCUT2D eigenvalue weighted by molar-refractivity contribution is 0.0357. The van der Waals surface area contributed by atoms with Crippen LogP contribution < -0.4 is 15.0 Å². The normalized spacial score (nSPS) is 17.3. The van der Waals surface area contributed by atoms with Gasteiger partial charge in [-0.15, -0.1) is 0 Å². The van der Waals surface area contributed by atoms with Gasteiger partial charge in [-0.25, -0.2) is 4.79 Å². The molecule has 126 valence electrons. The maximum Gasteiger partial charge on any atom is 0.412 e. The number of amides is 1. The van der Waals surface area contributed by atoms with Crippen LogP contribution in [-0.4, -0.2) is 38.4 Å². The Bertz CT molecular complexity index is 634. The highest BCUT2D eigenvalue weighted by Gasteiger charge is 2.20. The molecule has 5 nitrogen and oxygen atoms in total. The first-order chi connectivity index (χ1) is 11.8. The summed E-state index contributed by atoms with van der Waals surface area (Å²) in [6.45, 7) is 2.95. The second-order valence-electron chi connectivity index (χ2n) is 5.69. The fraction of sp³-hybridized carbons (Fsp3) is 0.316. The van der Waals surface area contributed by atoms with E-state index in [2.05, 4.69) is 22.3 Å². The summed E-state index contributed by atoms with van der Waals surface area (Å²) >= 11 is 0. The highest BCUT2D eigenvalue weighted by molar-refractivity contribution is 5.70. The van der Waals surface area contributed by atoms with Crippen molar-refractivity contribution >= 4 is 11.8 Å². The topological polar surface area (TPSA) is 50.8 Å². The molecule has 1 N–H and O–H groups in total. The zero-order chi connectivity index (χ0) is 16.6. The summed E-state index contributed by atoms with van der Waals surface area (Å²) in [5.74, 6) is 0.541. The third-order valence-electron chi connectivity index (χ3n) is 3.95. The Kier molecular flexibility index (Phi) is 5.69. The van der Waals surface area contributed by atoms with Crippen LogP contribution in [0.4, 0.5) is 10.5 Å². The molecule has 2 aromatic carbocycles. The molecule has 0 bridgehead atoms. The van der Waals surface area contributed by atoms with E-state index in [0.717, 1.165) is 19.5 Å². The highest BCUT2D eigenvalue weighted by Crippen LogP contribution is 2.18. The second kappa shape index (κ2) is 8.36. The van der Waals surface area contributed by atoms with Gasteiger partial charge in [0.05, 0.1) is 12.7 Å². The van der Waals surface area contributed by atoms with Gasteiger partial charge in [0.25, 0.3) is 0 Å². The van der Waals surface area contributed by atoms with Crippen LogP contribution >= 0.6 is 0 Å². The molecular formula is C19H22N2O3. The Hall–Kier alpha value is -2.53. The summed E-state index contributed by atoms with van der Waals surface area (Å²) in [6.07, 6.45) is 0.431. The van der Waals surface area contributed by atoms with Crippen molar-refractivity contribution < 1.29 is 14.3 Å². The maximum absolute atomic E-state index is 11.8. The molecule has 0 radical (unpaired) electrons. The van der Waals surface area contributed by atoms with Crippen molar-refractivity contribution in [3.63, 3.8) is 0 Å². The number of benzene rings is 2. The number of anilines is 1. The number of nitrogens with zero attached hydrogens (tertiary/aromatic N) is 1. The quantitative estimate of drug-likeness (QED) is 0.917. The third-order valence-corrected chi connectivity index (χ3v) is 3.95. The van der Waals surface area contributed by atoms with Crippen molar-refractivity contribution in [2.24, 2.45) is 0 Å². The summed E-state index contributed by atoms with van der Waals surface area (Å²) in [5.41, 5.74) is 1.21. The Labute approximate surface area is 142 Å². The van der Waals surface area contributed by atoms with Gasteiger partial charge in [0.15, 0.2) is 0 Å². The molecule has 0 aromatic heterocycles. The van der Waals surface area contributed by atoms with E-state index in [1.807, 2.05) is 36.4 Å². The Morgan fingerprint density at radius 2 is 1.83 bits per heavy atom. The summed E-state index contributed by atoms with van der Waals surface area (Å²) in [7, 11) is 0. The molecule has 1 unspecified atom stereocenters. The molecule has 1 atom stereocenters. The Morgan fingerprint density at radius 3 is 2.58 bits per heavy atom. The molecule has 1 fully saturated rings. The summed E-state index contributed by atoms with van der Waals surface area (Å²) in [6, 6.07) is 19.4. The molecule has 1 heterocycles. The molecule has 2 aromatic rings. The smallest absolute Gasteiger partial charge is 0.410 e. The lowest BCUT2D eigenvalue weighted by Crippen LogP contribution is -2.44. The van der Waals surface area contributed by atoms with Gasteiger partial charge in [-0.05, 0) is 30.7 Å². The van der Waals surface area contributed by atoms with E-state index >= 15 is 0 Å². The zero-order valence-corrected chi connectivity index (χ0v) is 13.6. The first kappa shape index (κ1) is 16.3. The van der Waals surface area contributed by atoms with Crippen molar-refractivity contribution in [3.05, 3.63) is 60.7 Å². The lowest BCUT2D eigenvalue weighted by atomic mass is 10.2. The van der Waals surface area contributed by atoms with E-state index in [1.165, 1.54) is 5.69 Å². The third kappa shape index (κ3) is 4.73. The number of morpholine rings is 1. The van der Waals surface area contributed by atoms with Crippen LogP contribution in [0.2, 0.25) is 0 Å². The number of hydrogen-bond donors (Lipinski definition) is 1. The van der Waals surface area contributed by atoms with Gasteiger partial charge in [0, 0.05) is 25.3 Å². The van der Waals surface area contributed by atoms with Crippen LogP contribution in [0.1, 0.15) is 6.42 Å². The predicted octanol–water partition coefficient (Wildman–Crippen LogP) is 3.07. The van der Waals surface area contributed by atoms with Crippen LogP contribution in [0.3, 0.4) is 0 Å². The van der Waals surface area contributed by atoms with E-state index in [0.29, 0.717) is 18.9 Å². The van der Waals surface area contributed by atoms with Crippen molar-refractivity contribution in [1.82, 2.24) is 5.32 Å². The molecule has 1 aliphatic rings. The second-order valence-corrected chi connectivity index (χ2v) is 5.69. The Morgan fingerprint density at radius 1 is 1.12 bits per heavy atom. The fourth-order valence-electron chi connectivity index (χ4n) is 2.73. The number of ether oxygens (including phenoxy) is 2. The van der Waals surface area contributed by atoms with Crippen molar-refractivity contribution in [1.29, 1.82) is 0 Å². The number of carbonyl (C=O) groups is 1. The lowest BCUT2D eigenvalue weighted by Gasteiger charge is -2.34. The molecule has 0 saturated carbocycles. The summed E-state index contributed by atoms with van der Waals surface area (Å²) < 4.78 is 11.0. The first-order valence-corrected chi connectivity index (χ1v) is 8.23. The molecule has 1 aliphatic heterocycles. The van der Waals surface area contributed by atoms with E-state index < -0.39 is 6.09 Å². The number of carbonyl (C=O) groups excluding carboxylic acids is 1. The highest BCUT2D eigenvalue weighted by atomic mass is 16.6. The molecule has 0 aliphatic carbocycles. The van der Waals surface area contributed by atoms with Crippen molar-refractivity contribution in [2.45, 2.75) is 12.5 Å². The van der Waals surface area contributed by atoms with E-state index in [4.69, 9.17) is 9.47 Å². The molecule has 24 heavy (non-hydrogen) atoms. The van der Waals surface area contributed by atoms with Crippen LogP contribution in [-0.2, 0) is 4.74 Å².